The molecule has 0 unspecified atom stereocenters. The van der Waals surface area contributed by atoms with E-state index in [0.29, 0.717) is 24.7 Å². The Labute approximate surface area is 124 Å². The first kappa shape index (κ1) is 15.7. The molecule has 21 heavy (non-hydrogen) atoms. The van der Waals surface area contributed by atoms with Gasteiger partial charge in [0.05, 0.1) is 12.7 Å². The molecule has 2 N–H and O–H groups in total. The Bertz CT molecular complexity index is 459. The molecule has 0 aliphatic heterocycles. The van der Waals surface area contributed by atoms with Crippen molar-refractivity contribution < 1.29 is 19.4 Å². The molecule has 1 heterocycles. The van der Waals surface area contributed by atoms with Crippen LogP contribution in [0.25, 0.3) is 0 Å². The Morgan fingerprint density at radius 3 is 2.86 bits per heavy atom. The Hall–Kier alpha value is -1.66. The fourth-order valence-corrected chi connectivity index (χ4v) is 2.35. The topological polar surface area (TPSA) is 80.7 Å². The fraction of sp³-hybridized carbons (Fsp3) is 0.600. The summed E-state index contributed by atoms with van der Waals surface area (Å²) in [7, 11) is 1.60. The van der Waals surface area contributed by atoms with Gasteiger partial charge in [-0.1, -0.05) is 0 Å². The molecule has 1 aliphatic rings. The number of carbonyl (C=O) groups excluding carboxylic acids is 1. The van der Waals surface area contributed by atoms with Crippen LogP contribution in [0.1, 0.15) is 36.0 Å². The molecule has 1 aromatic rings. The fourth-order valence-electron chi connectivity index (χ4n) is 2.35. The maximum atomic E-state index is 12.2. The van der Waals surface area contributed by atoms with Gasteiger partial charge < -0.3 is 19.9 Å². The maximum Gasteiger partial charge on any atom is 0.251 e. The van der Waals surface area contributed by atoms with Gasteiger partial charge in [0, 0.05) is 31.0 Å². The zero-order valence-corrected chi connectivity index (χ0v) is 12.2. The lowest BCUT2D eigenvalue weighted by Crippen LogP contribution is -2.38. The van der Waals surface area contributed by atoms with Crippen molar-refractivity contribution >= 4 is 5.91 Å². The van der Waals surface area contributed by atoms with E-state index in [9.17, 15) is 9.90 Å². The summed E-state index contributed by atoms with van der Waals surface area (Å²) in [6.07, 6.45) is 4.45. The van der Waals surface area contributed by atoms with Gasteiger partial charge in [0.15, 0.2) is 0 Å². The summed E-state index contributed by atoms with van der Waals surface area (Å²) in [6, 6.07) is 3.42. The SMILES string of the molecule is COCCOc1cc(C(=O)NC2CCC(O)CC2)ccn1. The number of aliphatic hydroxyl groups is 1. The Morgan fingerprint density at radius 1 is 1.38 bits per heavy atom. The summed E-state index contributed by atoms with van der Waals surface area (Å²) in [6.45, 7) is 0.873. The molecular formula is C15H22N2O4. The number of rotatable bonds is 6. The second kappa shape index (κ2) is 7.95. The highest BCUT2D eigenvalue weighted by Gasteiger charge is 2.21. The third-order valence-electron chi connectivity index (χ3n) is 3.57. The van der Waals surface area contributed by atoms with Crippen molar-refractivity contribution in [3.05, 3.63) is 23.9 Å². The van der Waals surface area contributed by atoms with Crippen LogP contribution in [0.15, 0.2) is 18.3 Å². The molecular weight excluding hydrogens is 272 g/mol. The van der Waals surface area contributed by atoms with Gasteiger partial charge >= 0.3 is 0 Å². The molecule has 1 amide bonds. The summed E-state index contributed by atoms with van der Waals surface area (Å²) in [4.78, 5) is 16.3. The van der Waals surface area contributed by atoms with Crippen molar-refractivity contribution in [3.8, 4) is 5.88 Å². The van der Waals surface area contributed by atoms with Crippen LogP contribution in [0, 0.1) is 0 Å². The van der Waals surface area contributed by atoms with E-state index in [1.54, 1.807) is 25.4 Å². The van der Waals surface area contributed by atoms with Crippen molar-refractivity contribution in [3.63, 3.8) is 0 Å². The number of ether oxygens (including phenoxy) is 2. The molecule has 0 bridgehead atoms. The van der Waals surface area contributed by atoms with Gasteiger partial charge in [-0.2, -0.15) is 0 Å². The second-order valence-corrected chi connectivity index (χ2v) is 5.20. The van der Waals surface area contributed by atoms with E-state index < -0.39 is 0 Å². The number of pyridine rings is 1. The van der Waals surface area contributed by atoms with Crippen LogP contribution in [-0.2, 0) is 4.74 Å². The first-order chi connectivity index (χ1) is 10.2. The van der Waals surface area contributed by atoms with Crippen molar-refractivity contribution in [2.45, 2.75) is 37.8 Å². The molecule has 2 rings (SSSR count). The van der Waals surface area contributed by atoms with Crippen molar-refractivity contribution in [2.24, 2.45) is 0 Å². The molecule has 0 atom stereocenters. The number of aliphatic hydroxyl groups excluding tert-OH is 1. The number of amides is 1. The molecule has 6 nitrogen and oxygen atoms in total. The van der Waals surface area contributed by atoms with Crippen LogP contribution in [0.5, 0.6) is 5.88 Å². The third-order valence-corrected chi connectivity index (χ3v) is 3.57. The molecule has 116 valence electrons. The van der Waals surface area contributed by atoms with Crippen LogP contribution in [0.2, 0.25) is 0 Å². The highest BCUT2D eigenvalue weighted by Crippen LogP contribution is 2.19. The highest BCUT2D eigenvalue weighted by molar-refractivity contribution is 5.94. The molecule has 0 aromatic carbocycles. The van der Waals surface area contributed by atoms with Crippen LogP contribution in [0.4, 0.5) is 0 Å². The quantitative estimate of drug-likeness (QED) is 0.769. The van der Waals surface area contributed by atoms with E-state index in [1.165, 1.54) is 0 Å². The summed E-state index contributed by atoms with van der Waals surface area (Å²) >= 11 is 0. The first-order valence-electron chi connectivity index (χ1n) is 7.25. The predicted molar refractivity (Wildman–Crippen MR) is 77.3 cm³/mol. The average Bonchev–Trinajstić information content (AvgIpc) is 2.50. The van der Waals surface area contributed by atoms with E-state index in [-0.39, 0.29) is 18.1 Å². The monoisotopic (exact) mass is 294 g/mol. The summed E-state index contributed by atoms with van der Waals surface area (Å²) in [5.74, 6) is 0.286. The Morgan fingerprint density at radius 2 is 2.14 bits per heavy atom. The van der Waals surface area contributed by atoms with E-state index in [0.717, 1.165) is 25.7 Å². The summed E-state index contributed by atoms with van der Waals surface area (Å²) < 4.78 is 10.3. The van der Waals surface area contributed by atoms with E-state index in [1.807, 2.05) is 0 Å². The van der Waals surface area contributed by atoms with Crippen molar-refractivity contribution in [2.75, 3.05) is 20.3 Å². The smallest absolute Gasteiger partial charge is 0.251 e. The van der Waals surface area contributed by atoms with Crippen LogP contribution in [0.3, 0.4) is 0 Å². The minimum absolute atomic E-state index is 0.129. The maximum absolute atomic E-state index is 12.2. The normalized spacial score (nSPS) is 21.8. The summed E-state index contributed by atoms with van der Waals surface area (Å²) in [5, 5.41) is 12.5. The molecule has 0 spiro atoms. The first-order valence-corrected chi connectivity index (χ1v) is 7.25. The number of nitrogens with one attached hydrogen (secondary N) is 1. The largest absolute Gasteiger partial charge is 0.475 e. The zero-order valence-electron chi connectivity index (χ0n) is 12.2. The Kier molecular flexibility index (Phi) is 5.95. The standard InChI is InChI=1S/C15H22N2O4/c1-20-8-9-21-14-10-11(6-7-16-14)15(19)17-12-2-4-13(18)5-3-12/h6-7,10,12-13,18H,2-5,8-9H2,1H3,(H,17,19). The number of methoxy groups -OCH3 is 1. The molecule has 1 fully saturated rings. The lowest BCUT2D eigenvalue weighted by molar-refractivity contribution is 0.0867. The predicted octanol–water partition coefficient (Wildman–Crippen LogP) is 1.14. The molecule has 0 radical (unpaired) electrons. The summed E-state index contributed by atoms with van der Waals surface area (Å²) in [5.41, 5.74) is 0.531. The number of hydrogen-bond acceptors (Lipinski definition) is 5. The highest BCUT2D eigenvalue weighted by atomic mass is 16.5. The number of nitrogens with zero attached hydrogens (tertiary/aromatic N) is 1. The molecule has 0 saturated heterocycles. The molecule has 6 heteroatoms. The van der Waals surface area contributed by atoms with Crippen molar-refractivity contribution in [1.29, 1.82) is 0 Å². The van der Waals surface area contributed by atoms with Gasteiger partial charge in [0.1, 0.15) is 6.61 Å². The van der Waals surface area contributed by atoms with Gasteiger partial charge in [-0.05, 0) is 31.7 Å². The molecule has 1 aromatic heterocycles. The second-order valence-electron chi connectivity index (χ2n) is 5.20. The minimum Gasteiger partial charge on any atom is -0.475 e. The zero-order chi connectivity index (χ0) is 15.1. The number of carbonyl (C=O) groups is 1. The van der Waals surface area contributed by atoms with Crippen LogP contribution < -0.4 is 10.1 Å². The van der Waals surface area contributed by atoms with Crippen LogP contribution >= 0.6 is 0 Å². The lowest BCUT2D eigenvalue weighted by atomic mass is 9.93. The van der Waals surface area contributed by atoms with Gasteiger partial charge in [0.2, 0.25) is 5.88 Å². The van der Waals surface area contributed by atoms with Gasteiger partial charge in [0.25, 0.3) is 5.91 Å². The van der Waals surface area contributed by atoms with Crippen molar-refractivity contribution in [1.82, 2.24) is 10.3 Å². The lowest BCUT2D eigenvalue weighted by Gasteiger charge is -2.26. The average molecular weight is 294 g/mol. The number of aromatic nitrogens is 1. The van der Waals surface area contributed by atoms with E-state index >= 15 is 0 Å². The van der Waals surface area contributed by atoms with E-state index in [4.69, 9.17) is 9.47 Å². The van der Waals surface area contributed by atoms with Crippen LogP contribution in [-0.4, -0.2) is 48.5 Å². The number of hydrogen-bond donors (Lipinski definition) is 2. The van der Waals surface area contributed by atoms with Gasteiger partial charge in [-0.15, -0.1) is 0 Å². The molecule has 1 aliphatic carbocycles. The minimum atomic E-state index is -0.222. The van der Waals surface area contributed by atoms with Gasteiger partial charge in [-0.3, -0.25) is 4.79 Å². The van der Waals surface area contributed by atoms with Gasteiger partial charge in [-0.25, -0.2) is 4.98 Å². The van der Waals surface area contributed by atoms with E-state index in [2.05, 4.69) is 10.3 Å². The third kappa shape index (κ3) is 4.99. The molecule has 1 saturated carbocycles. The Balaban J connectivity index is 1.88.